The van der Waals surface area contributed by atoms with Crippen molar-refractivity contribution in [1.82, 2.24) is 0 Å². The van der Waals surface area contributed by atoms with E-state index in [-0.39, 0.29) is 0 Å². The van der Waals surface area contributed by atoms with E-state index in [0.29, 0.717) is 5.92 Å². The second-order valence-corrected chi connectivity index (χ2v) is 5.44. The largest absolute Gasteiger partial charge is 0.371 e. The third-order valence-corrected chi connectivity index (χ3v) is 3.82. The van der Waals surface area contributed by atoms with E-state index in [1.165, 1.54) is 24.9 Å². The monoisotopic (exact) mass is 282 g/mol. The highest BCUT2D eigenvalue weighted by atomic mass is 79.9. The third kappa shape index (κ3) is 2.98. The maximum absolute atomic E-state index is 5.80. The summed E-state index contributed by atoms with van der Waals surface area (Å²) in [4.78, 5) is 2.47. The zero-order valence-electron chi connectivity index (χ0n) is 9.53. The molecule has 0 aliphatic carbocycles. The molecule has 16 heavy (non-hydrogen) atoms. The van der Waals surface area contributed by atoms with E-state index in [4.69, 9.17) is 5.73 Å². The van der Waals surface area contributed by atoms with Crippen molar-refractivity contribution >= 4 is 21.6 Å². The van der Waals surface area contributed by atoms with Gasteiger partial charge in [0.15, 0.2) is 0 Å². The van der Waals surface area contributed by atoms with Gasteiger partial charge in [-0.2, -0.15) is 0 Å². The summed E-state index contributed by atoms with van der Waals surface area (Å²) in [7, 11) is 0. The van der Waals surface area contributed by atoms with Gasteiger partial charge in [0.2, 0.25) is 0 Å². The Bertz CT molecular complexity index is 323. The summed E-state index contributed by atoms with van der Waals surface area (Å²) < 4.78 is 1.14. The van der Waals surface area contributed by atoms with Crippen LogP contribution in [0.25, 0.3) is 0 Å². The van der Waals surface area contributed by atoms with Crippen LogP contribution in [-0.2, 0) is 0 Å². The lowest BCUT2D eigenvalue weighted by Crippen LogP contribution is -2.31. The number of nitrogens with zero attached hydrogens (tertiary/aromatic N) is 1. The molecule has 1 heterocycles. The molecule has 3 heteroatoms. The van der Waals surface area contributed by atoms with Gasteiger partial charge in [-0.15, -0.1) is 0 Å². The van der Waals surface area contributed by atoms with Gasteiger partial charge in [-0.05, 0) is 49.6 Å². The van der Waals surface area contributed by atoms with Gasteiger partial charge in [-0.3, -0.25) is 0 Å². The molecule has 0 aromatic heterocycles. The Morgan fingerprint density at radius 3 is 2.69 bits per heavy atom. The molecule has 1 atom stereocenters. The Balaban J connectivity index is 2.09. The van der Waals surface area contributed by atoms with Crippen molar-refractivity contribution in [3.8, 4) is 0 Å². The minimum atomic E-state index is 0.658. The number of hydrogen-bond acceptors (Lipinski definition) is 2. The number of nitrogens with two attached hydrogens (primary N) is 1. The zero-order valence-corrected chi connectivity index (χ0v) is 11.1. The number of halogens is 1. The van der Waals surface area contributed by atoms with Crippen molar-refractivity contribution in [2.24, 2.45) is 11.7 Å². The van der Waals surface area contributed by atoms with Gasteiger partial charge >= 0.3 is 0 Å². The average Bonchev–Trinajstić information content (AvgIpc) is 2.55. The Labute approximate surface area is 106 Å². The highest BCUT2D eigenvalue weighted by Gasteiger charge is 2.16. The van der Waals surface area contributed by atoms with Crippen LogP contribution in [0.2, 0.25) is 0 Å². The normalized spacial score (nSPS) is 21.9. The molecule has 2 N–H and O–H groups in total. The lowest BCUT2D eigenvalue weighted by atomic mass is 10.0. The minimum absolute atomic E-state index is 0.658. The van der Waals surface area contributed by atoms with Crippen LogP contribution in [0, 0.1) is 5.92 Å². The highest BCUT2D eigenvalue weighted by Crippen LogP contribution is 2.23. The van der Waals surface area contributed by atoms with Crippen LogP contribution in [0.1, 0.15) is 19.3 Å². The number of benzene rings is 1. The van der Waals surface area contributed by atoms with Crippen molar-refractivity contribution in [3.63, 3.8) is 0 Å². The van der Waals surface area contributed by atoms with Crippen LogP contribution in [-0.4, -0.2) is 19.6 Å². The molecular weight excluding hydrogens is 264 g/mol. The van der Waals surface area contributed by atoms with Gasteiger partial charge in [0.25, 0.3) is 0 Å². The first-order valence-corrected chi connectivity index (χ1v) is 6.79. The molecule has 0 bridgehead atoms. The molecule has 0 radical (unpaired) electrons. The Kier molecular flexibility index (Phi) is 4.24. The van der Waals surface area contributed by atoms with E-state index in [1.54, 1.807) is 0 Å². The summed E-state index contributed by atoms with van der Waals surface area (Å²) in [6.45, 7) is 3.09. The summed E-state index contributed by atoms with van der Waals surface area (Å²) in [5.41, 5.74) is 7.13. The van der Waals surface area contributed by atoms with Crippen molar-refractivity contribution < 1.29 is 0 Å². The SMILES string of the molecule is NCC1CCCCN(c2ccc(Br)cc2)C1. The molecular formula is C13H19BrN2. The van der Waals surface area contributed by atoms with Gasteiger partial charge < -0.3 is 10.6 Å². The number of hydrogen-bond donors (Lipinski definition) is 1. The summed E-state index contributed by atoms with van der Waals surface area (Å²) in [6, 6.07) is 8.58. The third-order valence-electron chi connectivity index (χ3n) is 3.29. The second kappa shape index (κ2) is 5.69. The smallest absolute Gasteiger partial charge is 0.0367 e. The fraction of sp³-hybridized carbons (Fsp3) is 0.538. The highest BCUT2D eigenvalue weighted by molar-refractivity contribution is 9.10. The van der Waals surface area contributed by atoms with Crippen LogP contribution >= 0.6 is 15.9 Å². The first-order valence-electron chi connectivity index (χ1n) is 6.00. The molecule has 1 aliphatic rings. The first-order chi connectivity index (χ1) is 7.79. The molecule has 2 rings (SSSR count). The van der Waals surface area contributed by atoms with Crippen LogP contribution in [0.4, 0.5) is 5.69 Å². The lowest BCUT2D eigenvalue weighted by molar-refractivity contribution is 0.508. The second-order valence-electron chi connectivity index (χ2n) is 4.52. The topological polar surface area (TPSA) is 29.3 Å². The molecule has 2 nitrogen and oxygen atoms in total. The Morgan fingerprint density at radius 2 is 2.00 bits per heavy atom. The Morgan fingerprint density at radius 1 is 1.25 bits per heavy atom. The Hall–Kier alpha value is -0.540. The minimum Gasteiger partial charge on any atom is -0.371 e. The molecule has 1 aromatic rings. The van der Waals surface area contributed by atoms with Crippen molar-refractivity contribution in [2.45, 2.75) is 19.3 Å². The lowest BCUT2D eigenvalue weighted by Gasteiger charge is -2.26. The standard InChI is InChI=1S/C13H19BrN2/c14-12-4-6-13(7-5-12)16-8-2-1-3-11(9-15)10-16/h4-7,11H,1-3,8-10,15H2. The average molecular weight is 283 g/mol. The predicted molar refractivity (Wildman–Crippen MR) is 72.8 cm³/mol. The molecule has 1 aromatic carbocycles. The maximum Gasteiger partial charge on any atom is 0.0367 e. The molecule has 1 fully saturated rings. The van der Waals surface area contributed by atoms with Gasteiger partial charge in [-0.1, -0.05) is 22.4 Å². The summed E-state index contributed by atoms with van der Waals surface area (Å²) in [5.74, 6) is 0.658. The number of anilines is 1. The quantitative estimate of drug-likeness (QED) is 0.904. The predicted octanol–water partition coefficient (Wildman–Crippen LogP) is 3.01. The molecule has 1 unspecified atom stereocenters. The van der Waals surface area contributed by atoms with E-state index in [2.05, 4.69) is 45.1 Å². The van der Waals surface area contributed by atoms with Crippen LogP contribution in [0.15, 0.2) is 28.7 Å². The summed E-state index contributed by atoms with van der Waals surface area (Å²) >= 11 is 3.47. The van der Waals surface area contributed by atoms with Crippen molar-refractivity contribution in [1.29, 1.82) is 0 Å². The van der Waals surface area contributed by atoms with Gasteiger partial charge in [0.1, 0.15) is 0 Å². The van der Waals surface area contributed by atoms with Crippen LogP contribution in [0.3, 0.4) is 0 Å². The van der Waals surface area contributed by atoms with Gasteiger partial charge in [0, 0.05) is 23.2 Å². The van der Waals surface area contributed by atoms with E-state index in [0.717, 1.165) is 24.1 Å². The van der Waals surface area contributed by atoms with Gasteiger partial charge in [0.05, 0.1) is 0 Å². The molecule has 88 valence electrons. The fourth-order valence-corrected chi connectivity index (χ4v) is 2.57. The zero-order chi connectivity index (χ0) is 11.4. The molecule has 1 saturated heterocycles. The molecule has 0 spiro atoms. The van der Waals surface area contributed by atoms with Gasteiger partial charge in [-0.25, -0.2) is 0 Å². The van der Waals surface area contributed by atoms with E-state index in [1.807, 2.05) is 0 Å². The van der Waals surface area contributed by atoms with Crippen LogP contribution in [0.5, 0.6) is 0 Å². The van der Waals surface area contributed by atoms with E-state index >= 15 is 0 Å². The molecule has 0 amide bonds. The summed E-state index contributed by atoms with van der Waals surface area (Å²) in [5, 5.41) is 0. The van der Waals surface area contributed by atoms with Crippen molar-refractivity contribution in [3.05, 3.63) is 28.7 Å². The fourth-order valence-electron chi connectivity index (χ4n) is 2.31. The molecule has 0 saturated carbocycles. The summed E-state index contributed by atoms with van der Waals surface area (Å²) in [6.07, 6.45) is 3.88. The number of rotatable bonds is 2. The maximum atomic E-state index is 5.80. The van der Waals surface area contributed by atoms with E-state index in [9.17, 15) is 0 Å². The molecule has 1 aliphatic heterocycles. The van der Waals surface area contributed by atoms with Crippen molar-refractivity contribution in [2.75, 3.05) is 24.5 Å². The van der Waals surface area contributed by atoms with Crippen LogP contribution < -0.4 is 10.6 Å². The van der Waals surface area contributed by atoms with E-state index < -0.39 is 0 Å². The first kappa shape index (κ1) is 11.9.